The predicted octanol–water partition coefficient (Wildman–Crippen LogP) is 2.53. The van der Waals surface area contributed by atoms with Crippen LogP contribution in [0, 0.1) is 6.92 Å². The van der Waals surface area contributed by atoms with Crippen molar-refractivity contribution in [1.29, 1.82) is 0 Å². The number of hydrogen-bond acceptors (Lipinski definition) is 4. The number of anilines is 1. The van der Waals surface area contributed by atoms with E-state index in [9.17, 15) is 0 Å². The van der Waals surface area contributed by atoms with Gasteiger partial charge in [-0.2, -0.15) is 0 Å². The van der Waals surface area contributed by atoms with Gasteiger partial charge in [0.2, 0.25) is 0 Å². The van der Waals surface area contributed by atoms with Crippen LogP contribution in [0.2, 0.25) is 0 Å². The molecule has 2 rings (SSSR count). The molecule has 2 aromatic rings. The molecule has 0 aliphatic carbocycles. The predicted molar refractivity (Wildman–Crippen MR) is 60.6 cm³/mol. The Morgan fingerprint density at radius 1 is 1.43 bits per heavy atom. The van der Waals surface area contributed by atoms with Crippen LogP contribution in [0.1, 0.15) is 24.0 Å². The average Bonchev–Trinajstić information content (AvgIpc) is 2.47. The molecule has 0 saturated carbocycles. The number of thiophene rings is 1. The van der Waals surface area contributed by atoms with Crippen LogP contribution in [0.15, 0.2) is 6.07 Å². The first-order chi connectivity index (χ1) is 6.70. The number of rotatable bonds is 2. The van der Waals surface area contributed by atoms with E-state index in [2.05, 4.69) is 23.8 Å². The molecule has 0 atom stereocenters. The number of nitrogens with zero attached hydrogens (tertiary/aromatic N) is 2. The highest BCUT2D eigenvalue weighted by molar-refractivity contribution is 7.18. The minimum absolute atomic E-state index is 0.614. The summed E-state index contributed by atoms with van der Waals surface area (Å²) in [6.07, 6.45) is 1.95. The van der Waals surface area contributed by atoms with Crippen molar-refractivity contribution in [2.24, 2.45) is 0 Å². The summed E-state index contributed by atoms with van der Waals surface area (Å²) >= 11 is 1.68. The van der Waals surface area contributed by atoms with Crippen LogP contribution in [-0.2, 0) is 6.42 Å². The third kappa shape index (κ3) is 1.57. The zero-order chi connectivity index (χ0) is 10.1. The third-order valence-corrected chi connectivity index (χ3v) is 3.01. The quantitative estimate of drug-likeness (QED) is 0.823. The van der Waals surface area contributed by atoms with E-state index in [1.165, 1.54) is 4.88 Å². The van der Waals surface area contributed by atoms with E-state index in [4.69, 9.17) is 5.73 Å². The van der Waals surface area contributed by atoms with E-state index >= 15 is 0 Å². The van der Waals surface area contributed by atoms with E-state index in [-0.39, 0.29) is 0 Å². The van der Waals surface area contributed by atoms with Gasteiger partial charge in [0, 0.05) is 11.3 Å². The second kappa shape index (κ2) is 3.53. The summed E-state index contributed by atoms with van der Waals surface area (Å²) in [5, 5.41) is 0.993. The van der Waals surface area contributed by atoms with Gasteiger partial charge in [-0.15, -0.1) is 11.3 Å². The monoisotopic (exact) mass is 207 g/mol. The largest absolute Gasteiger partial charge is 0.383 e. The third-order valence-electron chi connectivity index (χ3n) is 2.07. The fraction of sp³-hybridized carbons (Fsp3) is 0.400. The van der Waals surface area contributed by atoms with E-state index < -0.39 is 0 Å². The van der Waals surface area contributed by atoms with Gasteiger partial charge in [0.15, 0.2) is 0 Å². The van der Waals surface area contributed by atoms with Crippen LogP contribution in [0.3, 0.4) is 0 Å². The van der Waals surface area contributed by atoms with Crippen molar-refractivity contribution in [2.75, 3.05) is 5.73 Å². The Balaban J connectivity index is 2.59. The Kier molecular flexibility index (Phi) is 2.37. The standard InChI is InChI=1S/C10H13N3S/c1-3-4-8-12-9(11)7-5-6(2)14-10(7)13-8/h5H,3-4H2,1-2H3,(H2,11,12,13). The first kappa shape index (κ1) is 9.40. The van der Waals surface area contributed by atoms with Crippen molar-refractivity contribution in [1.82, 2.24) is 9.97 Å². The second-order valence-corrected chi connectivity index (χ2v) is 4.59. The molecule has 0 aromatic carbocycles. The first-order valence-electron chi connectivity index (χ1n) is 4.73. The summed E-state index contributed by atoms with van der Waals surface area (Å²) in [6.45, 7) is 4.18. The summed E-state index contributed by atoms with van der Waals surface area (Å²) in [5.74, 6) is 1.47. The number of aryl methyl sites for hydroxylation is 2. The van der Waals surface area contributed by atoms with Gasteiger partial charge in [0.05, 0.1) is 5.39 Å². The minimum atomic E-state index is 0.614. The lowest BCUT2D eigenvalue weighted by Crippen LogP contribution is -1.99. The smallest absolute Gasteiger partial charge is 0.135 e. The zero-order valence-corrected chi connectivity index (χ0v) is 9.19. The molecule has 0 amide bonds. The molecule has 0 aliphatic heterocycles. The van der Waals surface area contributed by atoms with Gasteiger partial charge in [0.1, 0.15) is 16.5 Å². The molecule has 14 heavy (non-hydrogen) atoms. The number of fused-ring (bicyclic) bond motifs is 1. The molecule has 74 valence electrons. The molecule has 0 aliphatic rings. The van der Waals surface area contributed by atoms with Crippen LogP contribution in [0.5, 0.6) is 0 Å². The summed E-state index contributed by atoms with van der Waals surface area (Å²) < 4.78 is 0. The normalized spacial score (nSPS) is 11.0. The maximum absolute atomic E-state index is 5.86. The summed E-state index contributed by atoms with van der Waals surface area (Å²) in [6, 6.07) is 2.05. The molecular weight excluding hydrogens is 194 g/mol. The van der Waals surface area contributed by atoms with Gasteiger partial charge in [0.25, 0.3) is 0 Å². The molecule has 0 spiro atoms. The zero-order valence-electron chi connectivity index (χ0n) is 8.37. The minimum Gasteiger partial charge on any atom is -0.383 e. The Bertz CT molecular complexity index is 462. The molecule has 0 saturated heterocycles. The number of aromatic nitrogens is 2. The van der Waals surface area contributed by atoms with Gasteiger partial charge in [-0.3, -0.25) is 0 Å². The molecule has 3 nitrogen and oxygen atoms in total. The van der Waals surface area contributed by atoms with Crippen LogP contribution < -0.4 is 5.73 Å². The van der Waals surface area contributed by atoms with E-state index in [0.717, 1.165) is 28.9 Å². The lowest BCUT2D eigenvalue weighted by atomic mass is 10.3. The molecule has 2 heterocycles. The van der Waals surface area contributed by atoms with Crippen molar-refractivity contribution in [3.05, 3.63) is 16.8 Å². The van der Waals surface area contributed by atoms with Crippen molar-refractivity contribution in [3.8, 4) is 0 Å². The first-order valence-corrected chi connectivity index (χ1v) is 5.55. The lowest BCUT2D eigenvalue weighted by Gasteiger charge is -1.99. The van der Waals surface area contributed by atoms with Crippen molar-refractivity contribution in [3.63, 3.8) is 0 Å². The molecule has 0 bridgehead atoms. The number of hydrogen-bond donors (Lipinski definition) is 1. The summed E-state index contributed by atoms with van der Waals surface area (Å²) in [5.41, 5.74) is 5.86. The Morgan fingerprint density at radius 3 is 2.93 bits per heavy atom. The fourth-order valence-corrected chi connectivity index (χ4v) is 2.35. The van der Waals surface area contributed by atoms with Crippen LogP contribution >= 0.6 is 11.3 Å². The lowest BCUT2D eigenvalue weighted by molar-refractivity contribution is 0.848. The molecule has 0 fully saturated rings. The maximum Gasteiger partial charge on any atom is 0.135 e. The van der Waals surface area contributed by atoms with Gasteiger partial charge in [-0.05, 0) is 19.4 Å². The highest BCUT2D eigenvalue weighted by Gasteiger charge is 2.07. The van der Waals surface area contributed by atoms with Crippen molar-refractivity contribution in [2.45, 2.75) is 26.7 Å². The van der Waals surface area contributed by atoms with Crippen molar-refractivity contribution >= 4 is 27.4 Å². The van der Waals surface area contributed by atoms with Crippen LogP contribution in [0.4, 0.5) is 5.82 Å². The highest BCUT2D eigenvalue weighted by Crippen LogP contribution is 2.26. The van der Waals surface area contributed by atoms with Gasteiger partial charge in [-0.25, -0.2) is 9.97 Å². The van der Waals surface area contributed by atoms with Gasteiger partial charge < -0.3 is 5.73 Å². The molecule has 2 N–H and O–H groups in total. The molecule has 0 radical (unpaired) electrons. The highest BCUT2D eigenvalue weighted by atomic mass is 32.1. The molecule has 2 aromatic heterocycles. The van der Waals surface area contributed by atoms with E-state index in [1.54, 1.807) is 11.3 Å². The van der Waals surface area contributed by atoms with Gasteiger partial charge in [-0.1, -0.05) is 6.92 Å². The summed E-state index contributed by atoms with van der Waals surface area (Å²) in [7, 11) is 0. The van der Waals surface area contributed by atoms with Crippen LogP contribution in [-0.4, -0.2) is 9.97 Å². The second-order valence-electron chi connectivity index (χ2n) is 3.35. The van der Waals surface area contributed by atoms with E-state index in [1.807, 2.05) is 6.07 Å². The molecule has 4 heteroatoms. The summed E-state index contributed by atoms with van der Waals surface area (Å²) in [4.78, 5) is 11.0. The number of nitrogens with two attached hydrogens (primary N) is 1. The molecule has 0 unspecified atom stereocenters. The maximum atomic E-state index is 5.86. The Labute approximate surface area is 87.0 Å². The fourth-order valence-electron chi connectivity index (χ4n) is 1.45. The molecular formula is C10H13N3S. The van der Waals surface area contributed by atoms with Crippen molar-refractivity contribution < 1.29 is 0 Å². The van der Waals surface area contributed by atoms with Gasteiger partial charge >= 0.3 is 0 Å². The Hall–Kier alpha value is -1.16. The average molecular weight is 207 g/mol. The topological polar surface area (TPSA) is 51.8 Å². The van der Waals surface area contributed by atoms with E-state index in [0.29, 0.717) is 5.82 Å². The van der Waals surface area contributed by atoms with Crippen LogP contribution in [0.25, 0.3) is 10.2 Å². The number of nitrogen functional groups attached to an aromatic ring is 1. The SMILES string of the molecule is CCCc1nc(N)c2cc(C)sc2n1. The Morgan fingerprint density at radius 2 is 2.21 bits per heavy atom.